The molecule has 17 heavy (non-hydrogen) atoms. The van der Waals surface area contributed by atoms with Gasteiger partial charge in [-0.05, 0) is 13.8 Å². The van der Waals surface area contributed by atoms with Gasteiger partial charge in [-0.25, -0.2) is 9.59 Å². The highest BCUT2D eigenvalue weighted by molar-refractivity contribution is 8.26. The number of carbonyl (C=O) groups is 2. The standard InChI is InChI=1S/C12H16O4S/c1-9(2)11(13)15-17(7-5-6-8-17)16-12(14)10(3)4/h5-6H,1,3,7-8H2,2,4H3. The van der Waals surface area contributed by atoms with E-state index in [1.165, 1.54) is 0 Å². The van der Waals surface area contributed by atoms with Gasteiger partial charge in [0.25, 0.3) is 0 Å². The van der Waals surface area contributed by atoms with Crippen molar-refractivity contribution >= 4 is 22.5 Å². The van der Waals surface area contributed by atoms with Crippen LogP contribution < -0.4 is 0 Å². The number of rotatable bonds is 4. The smallest absolute Gasteiger partial charge is 0.339 e. The predicted octanol–water partition coefficient (Wildman–Crippen LogP) is 2.43. The Hall–Kier alpha value is -1.49. The molecule has 4 nitrogen and oxygen atoms in total. The fourth-order valence-electron chi connectivity index (χ4n) is 1.07. The average molecular weight is 256 g/mol. The molecule has 0 aromatic rings. The van der Waals surface area contributed by atoms with Crippen molar-refractivity contribution in [3.63, 3.8) is 0 Å². The van der Waals surface area contributed by atoms with Crippen LogP contribution in [0.25, 0.3) is 0 Å². The minimum Gasteiger partial charge on any atom is -0.339 e. The summed E-state index contributed by atoms with van der Waals surface area (Å²) in [5.74, 6) is -0.188. The molecule has 0 radical (unpaired) electrons. The number of hydrogen-bond acceptors (Lipinski definition) is 4. The molecular weight excluding hydrogens is 240 g/mol. The highest BCUT2D eigenvalue weighted by atomic mass is 32.3. The summed E-state index contributed by atoms with van der Waals surface area (Å²) in [6, 6.07) is 0. The normalized spacial score (nSPS) is 18.2. The quantitative estimate of drug-likeness (QED) is 0.572. The van der Waals surface area contributed by atoms with Crippen LogP contribution in [0.3, 0.4) is 0 Å². The molecule has 1 rings (SSSR count). The molecule has 1 heterocycles. The van der Waals surface area contributed by atoms with Crippen LogP contribution in [0.5, 0.6) is 0 Å². The molecule has 0 saturated carbocycles. The molecule has 0 aliphatic carbocycles. The van der Waals surface area contributed by atoms with E-state index in [-0.39, 0.29) is 11.1 Å². The maximum absolute atomic E-state index is 11.5. The van der Waals surface area contributed by atoms with Crippen LogP contribution in [-0.4, -0.2) is 23.4 Å². The molecule has 5 heteroatoms. The summed E-state index contributed by atoms with van der Waals surface area (Å²) < 4.78 is 10.6. The molecule has 0 bridgehead atoms. The lowest BCUT2D eigenvalue weighted by Crippen LogP contribution is -2.20. The third-order valence-corrected chi connectivity index (χ3v) is 4.33. The fraction of sp³-hybridized carbons (Fsp3) is 0.333. The van der Waals surface area contributed by atoms with Crippen molar-refractivity contribution in [1.29, 1.82) is 0 Å². The Kier molecular flexibility index (Phi) is 4.17. The maximum Gasteiger partial charge on any atom is 0.355 e. The van der Waals surface area contributed by atoms with E-state index >= 15 is 0 Å². The third kappa shape index (κ3) is 3.49. The van der Waals surface area contributed by atoms with E-state index in [1.807, 2.05) is 12.2 Å². The van der Waals surface area contributed by atoms with Crippen molar-refractivity contribution in [3.05, 3.63) is 36.5 Å². The molecule has 0 aromatic heterocycles. The maximum atomic E-state index is 11.5. The van der Waals surface area contributed by atoms with Crippen LogP contribution in [-0.2, 0) is 18.0 Å². The summed E-state index contributed by atoms with van der Waals surface area (Å²) in [7, 11) is -2.18. The Balaban J connectivity index is 2.77. The molecule has 0 atom stereocenters. The van der Waals surface area contributed by atoms with Gasteiger partial charge in [-0.1, -0.05) is 25.3 Å². The molecule has 1 aliphatic heterocycles. The predicted molar refractivity (Wildman–Crippen MR) is 68.3 cm³/mol. The minimum atomic E-state index is -2.18. The molecule has 0 spiro atoms. The van der Waals surface area contributed by atoms with E-state index < -0.39 is 22.5 Å². The van der Waals surface area contributed by atoms with Crippen LogP contribution in [0.15, 0.2) is 36.5 Å². The zero-order chi connectivity index (χ0) is 13.1. The summed E-state index contributed by atoms with van der Waals surface area (Å²) in [5, 5.41) is 0. The highest BCUT2D eigenvalue weighted by Gasteiger charge is 2.30. The minimum absolute atomic E-state index is 0.287. The second-order valence-corrected chi connectivity index (χ2v) is 6.34. The Morgan fingerprint density at radius 2 is 1.35 bits per heavy atom. The van der Waals surface area contributed by atoms with Crippen molar-refractivity contribution in [3.8, 4) is 0 Å². The molecule has 0 fully saturated rings. The van der Waals surface area contributed by atoms with Gasteiger partial charge >= 0.3 is 11.9 Å². The second-order valence-electron chi connectivity index (χ2n) is 3.85. The summed E-state index contributed by atoms with van der Waals surface area (Å²) in [6.45, 7) is 10.1. The summed E-state index contributed by atoms with van der Waals surface area (Å²) >= 11 is 0. The van der Waals surface area contributed by atoms with E-state index in [0.29, 0.717) is 11.5 Å². The first kappa shape index (κ1) is 13.6. The van der Waals surface area contributed by atoms with Gasteiger partial charge in [0.15, 0.2) is 0 Å². The van der Waals surface area contributed by atoms with Gasteiger partial charge in [-0.2, -0.15) is 0 Å². The second kappa shape index (κ2) is 5.23. The van der Waals surface area contributed by atoms with E-state index in [1.54, 1.807) is 13.8 Å². The molecule has 0 saturated heterocycles. The first-order valence-corrected chi connectivity index (χ1v) is 6.91. The van der Waals surface area contributed by atoms with Gasteiger partial charge in [0, 0.05) is 11.1 Å². The molecule has 1 aliphatic rings. The SMILES string of the molecule is C=C(C)C(=O)OS1(OC(=O)C(=C)C)CC=CC1. The first-order chi connectivity index (χ1) is 7.86. The molecule has 0 N–H and O–H groups in total. The van der Waals surface area contributed by atoms with E-state index in [4.69, 9.17) is 8.37 Å². The van der Waals surface area contributed by atoms with Gasteiger partial charge in [-0.3, -0.25) is 0 Å². The molecule has 0 amide bonds. The number of carbonyl (C=O) groups excluding carboxylic acids is 2. The molecule has 94 valence electrons. The zero-order valence-corrected chi connectivity index (χ0v) is 10.8. The van der Waals surface area contributed by atoms with Crippen LogP contribution in [0, 0.1) is 0 Å². The Morgan fingerprint density at radius 1 is 1.00 bits per heavy atom. The first-order valence-electron chi connectivity index (χ1n) is 5.08. The monoisotopic (exact) mass is 256 g/mol. The lowest BCUT2D eigenvalue weighted by molar-refractivity contribution is -0.132. The summed E-state index contributed by atoms with van der Waals surface area (Å²) in [6.07, 6.45) is 3.68. The number of hydrogen-bond donors (Lipinski definition) is 0. The van der Waals surface area contributed by atoms with Crippen LogP contribution in [0.1, 0.15) is 13.8 Å². The van der Waals surface area contributed by atoms with Crippen LogP contribution in [0.4, 0.5) is 0 Å². The summed E-state index contributed by atoms with van der Waals surface area (Å²) in [4.78, 5) is 23.0. The average Bonchev–Trinajstić information content (AvgIpc) is 2.66. The van der Waals surface area contributed by atoms with Crippen molar-refractivity contribution in [2.45, 2.75) is 13.8 Å². The van der Waals surface area contributed by atoms with E-state index in [0.717, 1.165) is 0 Å². The summed E-state index contributed by atoms with van der Waals surface area (Å²) in [5.41, 5.74) is 0.574. The lowest BCUT2D eigenvalue weighted by atomic mass is 10.4. The van der Waals surface area contributed by atoms with Gasteiger partial charge < -0.3 is 8.37 Å². The van der Waals surface area contributed by atoms with Crippen molar-refractivity contribution < 1.29 is 18.0 Å². The van der Waals surface area contributed by atoms with E-state index in [9.17, 15) is 9.59 Å². The van der Waals surface area contributed by atoms with Crippen molar-refractivity contribution in [2.24, 2.45) is 0 Å². The van der Waals surface area contributed by atoms with Gasteiger partial charge in [0.05, 0.1) is 11.5 Å². The van der Waals surface area contributed by atoms with E-state index in [2.05, 4.69) is 13.2 Å². The molecular formula is C12H16O4S. The van der Waals surface area contributed by atoms with Crippen LogP contribution in [0.2, 0.25) is 0 Å². The van der Waals surface area contributed by atoms with Crippen molar-refractivity contribution in [1.82, 2.24) is 0 Å². The Labute approximate surface area is 103 Å². The largest absolute Gasteiger partial charge is 0.355 e. The Bertz CT molecular complexity index is 371. The van der Waals surface area contributed by atoms with Crippen LogP contribution >= 0.6 is 10.6 Å². The Morgan fingerprint density at radius 3 is 1.65 bits per heavy atom. The van der Waals surface area contributed by atoms with Gasteiger partial charge in [0.1, 0.15) is 0 Å². The third-order valence-electron chi connectivity index (χ3n) is 2.02. The fourth-order valence-corrected chi connectivity index (χ4v) is 3.21. The molecule has 0 aromatic carbocycles. The van der Waals surface area contributed by atoms with Gasteiger partial charge in [0.2, 0.25) is 0 Å². The molecule has 0 unspecified atom stereocenters. The zero-order valence-electron chi connectivity index (χ0n) is 10.0. The topological polar surface area (TPSA) is 52.6 Å². The highest BCUT2D eigenvalue weighted by Crippen LogP contribution is 2.54. The van der Waals surface area contributed by atoms with Gasteiger partial charge in [-0.15, -0.1) is 10.6 Å². The van der Waals surface area contributed by atoms with Crippen molar-refractivity contribution in [2.75, 3.05) is 11.5 Å². The lowest BCUT2D eigenvalue weighted by Gasteiger charge is -2.37.